The van der Waals surface area contributed by atoms with E-state index in [2.05, 4.69) is 64.6 Å². The maximum atomic E-state index is 4.85. The second kappa shape index (κ2) is 9.02. The van der Waals surface area contributed by atoms with Crippen LogP contribution in [-0.2, 0) is 0 Å². The highest BCUT2D eigenvalue weighted by molar-refractivity contribution is 9.10. The molecule has 0 atom stereocenters. The molecule has 1 aliphatic rings. The van der Waals surface area contributed by atoms with Gasteiger partial charge in [-0.2, -0.15) is 0 Å². The Morgan fingerprint density at radius 1 is 1.28 bits per heavy atom. The fourth-order valence-corrected chi connectivity index (χ4v) is 4.09. The molecule has 0 bridgehead atoms. The lowest BCUT2D eigenvalue weighted by molar-refractivity contribution is 0.256. The summed E-state index contributed by atoms with van der Waals surface area (Å²) in [5, 5.41) is 0. The fourth-order valence-electron chi connectivity index (χ4n) is 3.51. The van der Waals surface area contributed by atoms with Crippen LogP contribution in [0.1, 0.15) is 52.1 Å². The molecule has 1 saturated carbocycles. The summed E-state index contributed by atoms with van der Waals surface area (Å²) in [6.45, 7) is 9.80. The van der Waals surface area contributed by atoms with Crippen molar-refractivity contribution in [1.29, 1.82) is 0 Å². The number of aliphatic imine (C=N–C) groups is 1. The number of aryl methyl sites for hydroxylation is 1. The first-order valence-electron chi connectivity index (χ1n) is 9.47. The van der Waals surface area contributed by atoms with Gasteiger partial charge in [-0.1, -0.05) is 13.8 Å². The van der Waals surface area contributed by atoms with Gasteiger partial charge >= 0.3 is 0 Å². The zero-order valence-corrected chi connectivity index (χ0v) is 18.2. The number of hydrogen-bond acceptors (Lipinski definition) is 3. The van der Waals surface area contributed by atoms with Crippen LogP contribution in [0.15, 0.2) is 15.5 Å². The summed E-state index contributed by atoms with van der Waals surface area (Å²) in [7, 11) is 4.21. The van der Waals surface area contributed by atoms with E-state index < -0.39 is 0 Å². The van der Waals surface area contributed by atoms with Crippen molar-refractivity contribution in [2.75, 3.05) is 25.5 Å². The van der Waals surface area contributed by atoms with Crippen molar-refractivity contribution in [1.82, 2.24) is 9.88 Å². The Bertz CT molecular complexity index is 592. The summed E-state index contributed by atoms with van der Waals surface area (Å²) < 4.78 is 1.03. The second-order valence-corrected chi connectivity index (χ2v) is 8.49. The van der Waals surface area contributed by atoms with E-state index in [4.69, 9.17) is 4.98 Å². The number of pyridine rings is 1. The van der Waals surface area contributed by atoms with Gasteiger partial charge in [-0.05, 0) is 73.4 Å². The molecule has 1 fully saturated rings. The van der Waals surface area contributed by atoms with E-state index >= 15 is 0 Å². The Balaban J connectivity index is 2.12. The van der Waals surface area contributed by atoms with Crippen molar-refractivity contribution in [3.8, 4) is 0 Å². The van der Waals surface area contributed by atoms with Crippen molar-refractivity contribution in [3.63, 3.8) is 0 Å². The minimum Gasteiger partial charge on any atom is -0.366 e. The van der Waals surface area contributed by atoms with Gasteiger partial charge in [-0.3, -0.25) is 0 Å². The van der Waals surface area contributed by atoms with Crippen LogP contribution >= 0.6 is 15.9 Å². The maximum absolute atomic E-state index is 4.85. The predicted molar refractivity (Wildman–Crippen MR) is 112 cm³/mol. The van der Waals surface area contributed by atoms with E-state index in [0.29, 0.717) is 6.04 Å². The van der Waals surface area contributed by atoms with Crippen LogP contribution in [0.3, 0.4) is 0 Å². The van der Waals surface area contributed by atoms with Crippen LogP contribution in [0.4, 0.5) is 11.5 Å². The lowest BCUT2D eigenvalue weighted by Crippen LogP contribution is -2.36. The lowest BCUT2D eigenvalue weighted by Gasteiger charge is -2.37. The lowest BCUT2D eigenvalue weighted by atomic mass is 9.79. The van der Waals surface area contributed by atoms with Crippen LogP contribution in [0, 0.1) is 18.8 Å². The first-order valence-corrected chi connectivity index (χ1v) is 10.3. The summed E-state index contributed by atoms with van der Waals surface area (Å²) in [6.07, 6.45) is 7.04. The van der Waals surface area contributed by atoms with Crippen LogP contribution in [-0.4, -0.2) is 42.9 Å². The molecule has 1 aromatic heterocycles. The molecule has 1 heterocycles. The SMILES string of the molecule is CCN(C)C=Nc1cc(Br)c(N(C)C2CCC(C(C)C)CC2)nc1C. The molecule has 0 aliphatic heterocycles. The van der Waals surface area contributed by atoms with E-state index in [-0.39, 0.29) is 0 Å². The third-order valence-electron chi connectivity index (χ3n) is 5.58. The van der Waals surface area contributed by atoms with Crippen molar-refractivity contribution >= 4 is 33.8 Å². The minimum atomic E-state index is 0.582. The summed E-state index contributed by atoms with van der Waals surface area (Å²) in [5.41, 5.74) is 1.90. The number of halogens is 1. The molecule has 0 spiro atoms. The van der Waals surface area contributed by atoms with Gasteiger partial charge < -0.3 is 9.80 Å². The molecule has 25 heavy (non-hydrogen) atoms. The molecule has 0 N–H and O–H groups in total. The topological polar surface area (TPSA) is 31.7 Å². The monoisotopic (exact) mass is 408 g/mol. The predicted octanol–water partition coefficient (Wildman–Crippen LogP) is 5.42. The zero-order chi connectivity index (χ0) is 18.6. The first kappa shape index (κ1) is 20.2. The number of aromatic nitrogens is 1. The Labute approximate surface area is 161 Å². The Morgan fingerprint density at radius 3 is 2.48 bits per heavy atom. The molecular weight excluding hydrogens is 376 g/mol. The average molecular weight is 409 g/mol. The first-order chi connectivity index (χ1) is 11.8. The zero-order valence-electron chi connectivity index (χ0n) is 16.6. The van der Waals surface area contributed by atoms with Gasteiger partial charge in [0.05, 0.1) is 22.2 Å². The maximum Gasteiger partial charge on any atom is 0.143 e. The Morgan fingerprint density at radius 2 is 1.92 bits per heavy atom. The van der Waals surface area contributed by atoms with Gasteiger partial charge in [-0.25, -0.2) is 9.98 Å². The highest BCUT2D eigenvalue weighted by Crippen LogP contribution is 2.36. The van der Waals surface area contributed by atoms with Gasteiger partial charge in [0.15, 0.2) is 0 Å². The van der Waals surface area contributed by atoms with Crippen LogP contribution in [0.5, 0.6) is 0 Å². The molecule has 140 valence electrons. The molecule has 1 aromatic rings. The average Bonchev–Trinajstić information content (AvgIpc) is 2.61. The van der Waals surface area contributed by atoms with Crippen molar-refractivity contribution in [2.24, 2.45) is 16.8 Å². The summed E-state index contributed by atoms with van der Waals surface area (Å²) in [6, 6.07) is 2.67. The molecule has 2 rings (SSSR count). The number of anilines is 1. The Hall–Kier alpha value is -1.10. The molecule has 5 heteroatoms. The van der Waals surface area contributed by atoms with Crippen LogP contribution in [0.2, 0.25) is 0 Å². The third-order valence-corrected chi connectivity index (χ3v) is 6.16. The largest absolute Gasteiger partial charge is 0.366 e. The van der Waals surface area contributed by atoms with Gasteiger partial charge in [0.25, 0.3) is 0 Å². The van der Waals surface area contributed by atoms with Gasteiger partial charge in [-0.15, -0.1) is 0 Å². The van der Waals surface area contributed by atoms with E-state index in [9.17, 15) is 0 Å². The summed E-state index contributed by atoms with van der Waals surface area (Å²) in [4.78, 5) is 13.8. The Kier molecular flexibility index (Phi) is 7.29. The van der Waals surface area contributed by atoms with Gasteiger partial charge in [0, 0.05) is 26.7 Å². The standard InChI is InChI=1S/C20H33BrN4/c1-7-24(5)13-22-19-12-18(21)20(23-15(19)4)25(6)17-10-8-16(9-11-17)14(2)3/h12-14,16-17H,7-11H2,1-6H3. The fraction of sp³-hybridized carbons (Fsp3) is 0.700. The van der Waals surface area contributed by atoms with Crippen molar-refractivity contribution in [2.45, 2.75) is 59.4 Å². The minimum absolute atomic E-state index is 0.582. The smallest absolute Gasteiger partial charge is 0.143 e. The normalized spacial score (nSPS) is 21.1. The molecule has 1 aliphatic carbocycles. The van der Waals surface area contributed by atoms with E-state index in [0.717, 1.165) is 40.1 Å². The molecule has 0 unspecified atom stereocenters. The highest BCUT2D eigenvalue weighted by atomic mass is 79.9. The molecule has 0 aromatic carbocycles. The summed E-state index contributed by atoms with van der Waals surface area (Å²) >= 11 is 3.72. The second-order valence-electron chi connectivity index (χ2n) is 7.64. The molecule has 4 nitrogen and oxygen atoms in total. The molecule has 0 radical (unpaired) electrons. The van der Waals surface area contributed by atoms with Crippen molar-refractivity contribution in [3.05, 3.63) is 16.2 Å². The molecular formula is C20H33BrN4. The van der Waals surface area contributed by atoms with Crippen molar-refractivity contribution < 1.29 is 0 Å². The van der Waals surface area contributed by atoms with Crippen LogP contribution < -0.4 is 4.90 Å². The quantitative estimate of drug-likeness (QED) is 0.465. The van der Waals surface area contributed by atoms with Gasteiger partial charge in [0.1, 0.15) is 5.82 Å². The highest BCUT2D eigenvalue weighted by Gasteiger charge is 2.27. The number of rotatable bonds is 6. The third kappa shape index (κ3) is 5.19. The van der Waals surface area contributed by atoms with Gasteiger partial charge in [0.2, 0.25) is 0 Å². The van der Waals surface area contributed by atoms with Crippen LogP contribution in [0.25, 0.3) is 0 Å². The summed E-state index contributed by atoms with van der Waals surface area (Å²) in [5.74, 6) is 2.72. The van der Waals surface area contributed by atoms with E-state index in [1.165, 1.54) is 25.7 Å². The molecule has 0 saturated heterocycles. The number of nitrogens with zero attached hydrogens (tertiary/aromatic N) is 4. The molecule has 0 amide bonds. The number of hydrogen-bond donors (Lipinski definition) is 0. The van der Waals surface area contributed by atoms with E-state index in [1.54, 1.807) is 0 Å². The van der Waals surface area contributed by atoms with E-state index in [1.807, 2.05) is 20.3 Å².